The van der Waals surface area contributed by atoms with E-state index in [1.165, 1.54) is 12.0 Å². The van der Waals surface area contributed by atoms with E-state index < -0.39 is 11.9 Å². The van der Waals surface area contributed by atoms with Gasteiger partial charge in [-0.2, -0.15) is 0 Å². The molecule has 8 nitrogen and oxygen atoms in total. The van der Waals surface area contributed by atoms with Crippen LogP contribution in [-0.4, -0.2) is 54.6 Å². The molecule has 0 atom stereocenters. The number of esters is 1. The van der Waals surface area contributed by atoms with Gasteiger partial charge >= 0.3 is 5.97 Å². The molecule has 0 aromatic heterocycles. The fourth-order valence-electron chi connectivity index (χ4n) is 2.46. The van der Waals surface area contributed by atoms with Gasteiger partial charge in [0.2, 0.25) is 5.91 Å². The Kier molecular flexibility index (Phi) is 6.81. The minimum atomic E-state index is -0.627. The smallest absolute Gasteiger partial charge is 0.337 e. The number of aliphatic hydroxyl groups excluding tert-OH is 1. The third kappa shape index (κ3) is 4.78. The fraction of sp³-hybridized carbons (Fsp3) is 0.389. The fourth-order valence-corrected chi connectivity index (χ4v) is 2.69. The highest BCUT2D eigenvalue weighted by Crippen LogP contribution is 2.29. The van der Waals surface area contributed by atoms with Gasteiger partial charge in [-0.1, -0.05) is 25.4 Å². The van der Waals surface area contributed by atoms with Gasteiger partial charge in [-0.05, 0) is 18.2 Å². The summed E-state index contributed by atoms with van der Waals surface area (Å²) in [6, 6.07) is 4.78. The number of hydrogen-bond acceptors (Lipinski definition) is 6. The Hall–Kier alpha value is -2.58. The Balaban J connectivity index is 2.25. The third-order valence-corrected chi connectivity index (χ3v) is 4.29. The summed E-state index contributed by atoms with van der Waals surface area (Å²) in [7, 11) is 1.23. The summed E-state index contributed by atoms with van der Waals surface area (Å²) in [5.74, 6) is -1.41. The van der Waals surface area contributed by atoms with Crippen LogP contribution >= 0.6 is 11.6 Å². The maximum absolute atomic E-state index is 12.5. The van der Waals surface area contributed by atoms with Crippen LogP contribution in [0.4, 0.5) is 11.4 Å². The van der Waals surface area contributed by atoms with Crippen molar-refractivity contribution in [3.63, 3.8) is 0 Å². The van der Waals surface area contributed by atoms with Crippen molar-refractivity contribution in [2.45, 2.75) is 13.8 Å². The lowest BCUT2D eigenvalue weighted by Crippen LogP contribution is -2.31. The van der Waals surface area contributed by atoms with E-state index in [4.69, 9.17) is 21.4 Å². The molecule has 3 N–H and O–H groups in total. The second-order valence-corrected chi connectivity index (χ2v) is 6.67. The highest BCUT2D eigenvalue weighted by molar-refractivity contribution is 6.34. The minimum Gasteiger partial charge on any atom is -0.466 e. The van der Waals surface area contributed by atoms with Crippen LogP contribution in [0.25, 0.3) is 0 Å². The molecule has 1 heterocycles. The van der Waals surface area contributed by atoms with E-state index in [9.17, 15) is 14.4 Å². The number of amides is 2. The topological polar surface area (TPSA) is 108 Å². The molecule has 27 heavy (non-hydrogen) atoms. The number of hydrogen-bond donors (Lipinski definition) is 3. The molecule has 1 aromatic carbocycles. The number of benzene rings is 1. The van der Waals surface area contributed by atoms with Crippen molar-refractivity contribution in [2.24, 2.45) is 5.92 Å². The van der Waals surface area contributed by atoms with Crippen LogP contribution in [0, 0.1) is 5.92 Å². The second-order valence-electron chi connectivity index (χ2n) is 6.26. The van der Waals surface area contributed by atoms with E-state index in [1.54, 1.807) is 32.0 Å². The normalized spacial score (nSPS) is 14.0. The summed E-state index contributed by atoms with van der Waals surface area (Å²) in [5, 5.41) is 15.0. The van der Waals surface area contributed by atoms with Crippen molar-refractivity contribution in [1.29, 1.82) is 0 Å². The lowest BCUT2D eigenvalue weighted by Gasteiger charge is -2.15. The predicted molar refractivity (Wildman–Crippen MR) is 101 cm³/mol. The molecule has 0 aliphatic carbocycles. The average molecular weight is 396 g/mol. The number of anilines is 2. The highest BCUT2D eigenvalue weighted by atomic mass is 35.5. The van der Waals surface area contributed by atoms with Crippen LogP contribution in [-0.2, 0) is 19.1 Å². The van der Waals surface area contributed by atoms with Crippen molar-refractivity contribution >= 4 is 40.8 Å². The van der Waals surface area contributed by atoms with Gasteiger partial charge in [0.05, 0.1) is 36.5 Å². The molecular weight excluding hydrogens is 374 g/mol. The number of nitrogens with zero attached hydrogens (tertiary/aromatic N) is 1. The maximum Gasteiger partial charge on any atom is 0.337 e. The molecule has 1 aliphatic heterocycles. The molecule has 0 spiro atoms. The Morgan fingerprint density at radius 3 is 2.63 bits per heavy atom. The molecule has 2 rings (SSSR count). The SMILES string of the molecule is COC(=O)C1=C(Nc2ccc(NC(=O)C(C)C)c(Cl)c2)C(=O)N(CCO)C1. The van der Waals surface area contributed by atoms with Gasteiger partial charge in [-0.3, -0.25) is 9.59 Å². The van der Waals surface area contributed by atoms with Crippen molar-refractivity contribution in [2.75, 3.05) is 37.4 Å². The maximum atomic E-state index is 12.5. The van der Waals surface area contributed by atoms with Gasteiger partial charge in [0, 0.05) is 18.2 Å². The number of nitrogens with one attached hydrogen (secondary N) is 2. The Labute approximate surface area is 162 Å². The van der Waals surface area contributed by atoms with E-state index >= 15 is 0 Å². The van der Waals surface area contributed by atoms with Crippen molar-refractivity contribution in [3.8, 4) is 0 Å². The summed E-state index contributed by atoms with van der Waals surface area (Å²) in [6.45, 7) is 3.47. The zero-order chi connectivity index (χ0) is 20.1. The van der Waals surface area contributed by atoms with Crippen LogP contribution in [0.15, 0.2) is 29.5 Å². The van der Waals surface area contributed by atoms with Gasteiger partial charge in [-0.25, -0.2) is 4.79 Å². The number of β-amino-alcohol motifs (C(OH)–C–C–N with tert-alkyl or cyclic N) is 1. The van der Waals surface area contributed by atoms with Gasteiger partial charge in [-0.15, -0.1) is 0 Å². The highest BCUT2D eigenvalue weighted by Gasteiger charge is 2.34. The third-order valence-electron chi connectivity index (χ3n) is 3.97. The average Bonchev–Trinajstić information content (AvgIpc) is 2.93. The number of methoxy groups -OCH3 is 1. The molecule has 0 saturated carbocycles. The molecular formula is C18H22ClN3O5. The summed E-state index contributed by atoms with van der Waals surface area (Å²) in [6.07, 6.45) is 0. The molecule has 0 unspecified atom stereocenters. The Morgan fingerprint density at radius 1 is 1.37 bits per heavy atom. The zero-order valence-corrected chi connectivity index (χ0v) is 16.1. The molecule has 0 radical (unpaired) electrons. The van der Waals surface area contributed by atoms with Crippen LogP contribution in [0.5, 0.6) is 0 Å². The Morgan fingerprint density at radius 2 is 2.07 bits per heavy atom. The summed E-state index contributed by atoms with van der Waals surface area (Å²) < 4.78 is 4.73. The second kappa shape index (κ2) is 8.88. The standard InChI is InChI=1S/C18H22ClN3O5/c1-10(2)16(24)21-14-5-4-11(8-13(14)19)20-15-12(18(26)27-3)9-22(6-7-23)17(15)25/h4-5,8,10,20,23H,6-7,9H2,1-3H3,(H,21,24). The number of rotatable bonds is 7. The lowest BCUT2D eigenvalue weighted by atomic mass is 10.2. The first-order valence-electron chi connectivity index (χ1n) is 8.37. The van der Waals surface area contributed by atoms with Crippen LogP contribution in [0.1, 0.15) is 13.8 Å². The van der Waals surface area contributed by atoms with E-state index in [-0.39, 0.29) is 47.8 Å². The summed E-state index contributed by atoms with van der Waals surface area (Å²) in [5.41, 5.74) is 1.16. The van der Waals surface area contributed by atoms with E-state index in [0.29, 0.717) is 11.4 Å². The predicted octanol–water partition coefficient (Wildman–Crippen LogP) is 1.61. The number of carbonyl (C=O) groups excluding carboxylic acids is 3. The molecule has 0 bridgehead atoms. The largest absolute Gasteiger partial charge is 0.466 e. The summed E-state index contributed by atoms with van der Waals surface area (Å²) in [4.78, 5) is 37.6. The molecule has 0 saturated heterocycles. The van der Waals surface area contributed by atoms with Gasteiger partial charge in [0.1, 0.15) is 5.70 Å². The first kappa shape index (κ1) is 20.7. The van der Waals surface area contributed by atoms with E-state index in [0.717, 1.165) is 0 Å². The first-order valence-corrected chi connectivity index (χ1v) is 8.75. The van der Waals surface area contributed by atoms with Crippen molar-refractivity contribution < 1.29 is 24.2 Å². The molecule has 0 fully saturated rings. The molecule has 9 heteroatoms. The first-order chi connectivity index (χ1) is 12.8. The van der Waals surface area contributed by atoms with Crippen LogP contribution < -0.4 is 10.6 Å². The number of aliphatic hydroxyl groups is 1. The van der Waals surface area contributed by atoms with Gasteiger partial charge in [0.15, 0.2) is 0 Å². The zero-order valence-electron chi connectivity index (χ0n) is 15.3. The van der Waals surface area contributed by atoms with Crippen molar-refractivity contribution in [1.82, 2.24) is 4.90 Å². The number of carbonyl (C=O) groups is 3. The van der Waals surface area contributed by atoms with Gasteiger partial charge in [0.25, 0.3) is 5.91 Å². The molecule has 146 valence electrons. The monoisotopic (exact) mass is 395 g/mol. The quantitative estimate of drug-likeness (QED) is 0.605. The van der Waals surface area contributed by atoms with Crippen molar-refractivity contribution in [3.05, 3.63) is 34.5 Å². The van der Waals surface area contributed by atoms with E-state index in [2.05, 4.69) is 10.6 Å². The molecule has 1 aliphatic rings. The van der Waals surface area contributed by atoms with E-state index in [1.807, 2.05) is 0 Å². The minimum absolute atomic E-state index is 0.0463. The van der Waals surface area contributed by atoms with Gasteiger partial charge < -0.3 is 25.4 Å². The molecule has 2 amide bonds. The Bertz CT molecular complexity index is 791. The number of halogens is 1. The summed E-state index contributed by atoms with van der Waals surface area (Å²) >= 11 is 6.21. The van der Waals surface area contributed by atoms with Crippen LogP contribution in [0.3, 0.4) is 0 Å². The molecule has 1 aromatic rings. The van der Waals surface area contributed by atoms with Crippen LogP contribution in [0.2, 0.25) is 5.02 Å². The number of ether oxygens (including phenoxy) is 1. The lowest BCUT2D eigenvalue weighted by molar-refractivity contribution is -0.136.